The van der Waals surface area contributed by atoms with Gasteiger partial charge in [-0.1, -0.05) is 33.6 Å². The van der Waals surface area contributed by atoms with Gasteiger partial charge in [0.1, 0.15) is 12.4 Å². The number of aliphatic hydroxyl groups is 1. The Morgan fingerprint density at radius 2 is 1.95 bits per heavy atom. The summed E-state index contributed by atoms with van der Waals surface area (Å²) < 4.78 is 24.6. The summed E-state index contributed by atoms with van der Waals surface area (Å²) in [7, 11) is 1.52. The van der Waals surface area contributed by atoms with Crippen LogP contribution in [0.4, 0.5) is 4.39 Å². The molecule has 2 aromatic rings. The molecule has 0 aromatic heterocycles. The molecule has 112 valence electrons. The highest BCUT2D eigenvalue weighted by atomic mass is 79.9. The molecule has 2 rings (SSSR count). The number of methoxy groups -OCH3 is 1. The van der Waals surface area contributed by atoms with Crippen LogP contribution in [0.25, 0.3) is 0 Å². The molecule has 0 atom stereocenters. The third kappa shape index (κ3) is 3.87. The summed E-state index contributed by atoms with van der Waals surface area (Å²) in [5.41, 5.74) is 1.36. The Labute approximate surface area is 135 Å². The van der Waals surface area contributed by atoms with Crippen molar-refractivity contribution in [1.82, 2.24) is 0 Å². The van der Waals surface area contributed by atoms with Crippen LogP contribution in [0.15, 0.2) is 34.8 Å². The lowest BCUT2D eigenvalue weighted by atomic mass is 10.2. The molecule has 1 N–H and O–H groups in total. The van der Waals surface area contributed by atoms with Crippen LogP contribution in [0.2, 0.25) is 5.02 Å². The highest BCUT2D eigenvalue weighted by Gasteiger charge is 2.11. The standard InChI is InChI=1S/C15H13BrClFO3/c1-20-14-4-10(7-19)12(16)6-15(14)21-8-9-2-3-11(18)5-13(9)17/h2-6,19H,7-8H2,1H3. The quantitative estimate of drug-likeness (QED) is 0.846. The SMILES string of the molecule is COc1cc(CO)c(Br)cc1OCc1ccc(F)cc1Cl. The average Bonchev–Trinajstić information content (AvgIpc) is 2.46. The molecular weight excluding hydrogens is 363 g/mol. The lowest BCUT2D eigenvalue weighted by Gasteiger charge is -2.13. The van der Waals surface area contributed by atoms with Crippen LogP contribution in [0.1, 0.15) is 11.1 Å². The second kappa shape index (κ2) is 7.11. The van der Waals surface area contributed by atoms with Gasteiger partial charge in [0.05, 0.1) is 18.7 Å². The predicted octanol–water partition coefficient (Wildman–Crippen LogP) is 4.32. The van der Waals surface area contributed by atoms with Gasteiger partial charge in [0.15, 0.2) is 11.5 Å². The van der Waals surface area contributed by atoms with E-state index in [1.54, 1.807) is 18.2 Å². The van der Waals surface area contributed by atoms with Gasteiger partial charge in [-0.05, 0) is 29.8 Å². The number of hydrogen-bond acceptors (Lipinski definition) is 3. The van der Waals surface area contributed by atoms with Crippen LogP contribution in [0, 0.1) is 5.82 Å². The Kier molecular flexibility index (Phi) is 5.45. The van der Waals surface area contributed by atoms with Gasteiger partial charge in [-0.2, -0.15) is 0 Å². The summed E-state index contributed by atoms with van der Waals surface area (Å²) in [6.07, 6.45) is 0. The lowest BCUT2D eigenvalue weighted by Crippen LogP contribution is -2.00. The Hall–Kier alpha value is -1.30. The molecule has 0 saturated carbocycles. The molecule has 0 fully saturated rings. The minimum Gasteiger partial charge on any atom is -0.493 e. The van der Waals surface area contributed by atoms with Crippen molar-refractivity contribution in [3.63, 3.8) is 0 Å². The normalized spacial score (nSPS) is 10.5. The van der Waals surface area contributed by atoms with E-state index in [1.165, 1.54) is 19.2 Å². The molecule has 0 heterocycles. The first-order chi connectivity index (χ1) is 10.0. The average molecular weight is 376 g/mol. The summed E-state index contributed by atoms with van der Waals surface area (Å²) in [5, 5.41) is 9.53. The molecule has 3 nitrogen and oxygen atoms in total. The molecule has 0 aliphatic rings. The van der Waals surface area contributed by atoms with Gasteiger partial charge in [-0.3, -0.25) is 0 Å². The van der Waals surface area contributed by atoms with Crippen molar-refractivity contribution in [2.75, 3.05) is 7.11 Å². The monoisotopic (exact) mass is 374 g/mol. The van der Waals surface area contributed by atoms with Gasteiger partial charge in [0, 0.05) is 10.0 Å². The van der Waals surface area contributed by atoms with Crippen molar-refractivity contribution in [2.45, 2.75) is 13.2 Å². The second-order valence-corrected chi connectivity index (χ2v) is 5.54. The molecule has 0 bridgehead atoms. The number of rotatable bonds is 5. The zero-order valence-corrected chi connectivity index (χ0v) is 13.5. The zero-order chi connectivity index (χ0) is 15.4. The van der Waals surface area contributed by atoms with E-state index in [4.69, 9.17) is 21.1 Å². The van der Waals surface area contributed by atoms with Crippen molar-refractivity contribution in [2.24, 2.45) is 0 Å². The van der Waals surface area contributed by atoms with Crippen molar-refractivity contribution >= 4 is 27.5 Å². The van der Waals surface area contributed by atoms with Crippen LogP contribution in [0.5, 0.6) is 11.5 Å². The van der Waals surface area contributed by atoms with Gasteiger partial charge in [-0.25, -0.2) is 4.39 Å². The fourth-order valence-electron chi connectivity index (χ4n) is 1.76. The summed E-state index contributed by atoms with van der Waals surface area (Å²) in [6, 6.07) is 7.53. The molecule has 0 unspecified atom stereocenters. The maximum Gasteiger partial charge on any atom is 0.162 e. The van der Waals surface area contributed by atoms with Crippen LogP contribution >= 0.6 is 27.5 Å². The third-order valence-corrected chi connectivity index (χ3v) is 3.99. The largest absolute Gasteiger partial charge is 0.493 e. The highest BCUT2D eigenvalue weighted by molar-refractivity contribution is 9.10. The topological polar surface area (TPSA) is 38.7 Å². The predicted molar refractivity (Wildman–Crippen MR) is 82.4 cm³/mol. The zero-order valence-electron chi connectivity index (χ0n) is 11.2. The van der Waals surface area contributed by atoms with Crippen LogP contribution < -0.4 is 9.47 Å². The molecule has 0 saturated heterocycles. The third-order valence-electron chi connectivity index (χ3n) is 2.90. The molecule has 0 amide bonds. The van der Waals surface area contributed by atoms with E-state index in [2.05, 4.69) is 15.9 Å². The Morgan fingerprint density at radius 3 is 2.57 bits per heavy atom. The van der Waals surface area contributed by atoms with Gasteiger partial charge in [0.2, 0.25) is 0 Å². The van der Waals surface area contributed by atoms with Crippen molar-refractivity contribution in [3.8, 4) is 11.5 Å². The summed E-state index contributed by atoms with van der Waals surface area (Å²) in [5.74, 6) is 0.610. The number of hydrogen-bond donors (Lipinski definition) is 1. The Balaban J connectivity index is 2.21. The molecule has 2 aromatic carbocycles. The number of benzene rings is 2. The Morgan fingerprint density at radius 1 is 1.19 bits per heavy atom. The van der Waals surface area contributed by atoms with E-state index < -0.39 is 5.82 Å². The Bertz CT molecular complexity index is 649. The number of aliphatic hydroxyl groups excluding tert-OH is 1. The van der Waals surface area contributed by atoms with Gasteiger partial charge >= 0.3 is 0 Å². The van der Waals surface area contributed by atoms with E-state index in [9.17, 15) is 9.50 Å². The molecular formula is C15H13BrClFO3. The van der Waals surface area contributed by atoms with E-state index in [-0.39, 0.29) is 13.2 Å². The highest BCUT2D eigenvalue weighted by Crippen LogP contribution is 2.34. The van der Waals surface area contributed by atoms with E-state index >= 15 is 0 Å². The fourth-order valence-corrected chi connectivity index (χ4v) is 2.43. The van der Waals surface area contributed by atoms with Gasteiger partial charge < -0.3 is 14.6 Å². The smallest absolute Gasteiger partial charge is 0.162 e. The minimum atomic E-state index is -0.392. The van der Waals surface area contributed by atoms with Crippen LogP contribution in [0.3, 0.4) is 0 Å². The molecule has 0 spiro atoms. The molecule has 0 aliphatic carbocycles. The van der Waals surface area contributed by atoms with Crippen molar-refractivity contribution in [1.29, 1.82) is 0 Å². The summed E-state index contributed by atoms with van der Waals surface area (Å²) >= 11 is 9.30. The number of halogens is 3. The fraction of sp³-hybridized carbons (Fsp3) is 0.200. The maximum atomic E-state index is 13.0. The van der Waals surface area contributed by atoms with E-state index in [0.29, 0.717) is 32.1 Å². The van der Waals surface area contributed by atoms with E-state index in [1.807, 2.05) is 0 Å². The first-order valence-electron chi connectivity index (χ1n) is 6.09. The maximum absolute atomic E-state index is 13.0. The first-order valence-corrected chi connectivity index (χ1v) is 7.26. The molecule has 6 heteroatoms. The van der Waals surface area contributed by atoms with Crippen molar-refractivity contribution < 1.29 is 19.0 Å². The summed E-state index contributed by atoms with van der Waals surface area (Å²) in [6.45, 7) is 0.0708. The lowest BCUT2D eigenvalue weighted by molar-refractivity contribution is 0.273. The van der Waals surface area contributed by atoms with Crippen LogP contribution in [-0.2, 0) is 13.2 Å². The molecule has 0 aliphatic heterocycles. The molecule has 21 heavy (non-hydrogen) atoms. The first kappa shape index (κ1) is 16.1. The van der Waals surface area contributed by atoms with Gasteiger partial charge in [-0.15, -0.1) is 0 Å². The second-order valence-electron chi connectivity index (χ2n) is 4.28. The molecule has 0 radical (unpaired) electrons. The van der Waals surface area contributed by atoms with E-state index in [0.717, 1.165) is 0 Å². The van der Waals surface area contributed by atoms with Crippen LogP contribution in [-0.4, -0.2) is 12.2 Å². The van der Waals surface area contributed by atoms with Crippen molar-refractivity contribution in [3.05, 3.63) is 56.8 Å². The minimum absolute atomic E-state index is 0.110. The number of ether oxygens (including phenoxy) is 2. The van der Waals surface area contributed by atoms with Gasteiger partial charge in [0.25, 0.3) is 0 Å². The summed E-state index contributed by atoms with van der Waals surface area (Å²) in [4.78, 5) is 0.